The third kappa shape index (κ3) is 3.58. The van der Waals surface area contributed by atoms with E-state index in [1.165, 1.54) is 5.56 Å². The van der Waals surface area contributed by atoms with Crippen LogP contribution in [-0.2, 0) is 6.61 Å². The summed E-state index contributed by atoms with van der Waals surface area (Å²) in [6, 6.07) is 14.1. The van der Waals surface area contributed by atoms with Crippen LogP contribution >= 0.6 is 0 Å². The molecule has 0 fully saturated rings. The number of aliphatic hydroxyl groups excluding tert-OH is 1. The van der Waals surface area contributed by atoms with Crippen molar-refractivity contribution in [3.63, 3.8) is 0 Å². The number of rotatable bonds is 4. The predicted octanol–water partition coefficient (Wildman–Crippen LogP) is 3.94. The van der Waals surface area contributed by atoms with Crippen LogP contribution in [0.1, 0.15) is 35.3 Å². The van der Waals surface area contributed by atoms with E-state index in [2.05, 4.69) is 31.2 Å². The summed E-state index contributed by atoms with van der Waals surface area (Å²) in [5.41, 5.74) is 4.37. The normalized spacial score (nSPS) is 12.2. The number of aryl methyl sites for hydroxylation is 2. The van der Waals surface area contributed by atoms with E-state index in [9.17, 15) is 5.11 Å². The summed E-state index contributed by atoms with van der Waals surface area (Å²) in [5, 5.41) is 9.53. The molecule has 100 valence electrons. The van der Waals surface area contributed by atoms with Gasteiger partial charge in [-0.3, -0.25) is 0 Å². The Morgan fingerprint density at radius 1 is 1.05 bits per heavy atom. The molecule has 0 aliphatic carbocycles. The van der Waals surface area contributed by atoms with Crippen LogP contribution in [0.3, 0.4) is 0 Å². The molecule has 2 aromatic carbocycles. The SMILES string of the molecule is Cc1ccc(COc2ccc([C@@H](C)O)cc2C)cc1. The van der Waals surface area contributed by atoms with Crippen LogP contribution in [0, 0.1) is 13.8 Å². The first-order valence-corrected chi connectivity index (χ1v) is 6.53. The van der Waals surface area contributed by atoms with Crippen molar-refractivity contribution in [2.24, 2.45) is 0 Å². The van der Waals surface area contributed by atoms with Gasteiger partial charge in [-0.2, -0.15) is 0 Å². The fourth-order valence-corrected chi connectivity index (χ4v) is 1.94. The van der Waals surface area contributed by atoms with Crippen molar-refractivity contribution in [2.45, 2.75) is 33.5 Å². The van der Waals surface area contributed by atoms with Crippen LogP contribution in [-0.4, -0.2) is 5.11 Å². The maximum atomic E-state index is 9.53. The zero-order chi connectivity index (χ0) is 13.8. The van der Waals surface area contributed by atoms with Gasteiger partial charge < -0.3 is 9.84 Å². The minimum absolute atomic E-state index is 0.440. The van der Waals surface area contributed by atoms with E-state index in [-0.39, 0.29) is 0 Å². The molecule has 0 heterocycles. The molecular formula is C17H20O2. The highest BCUT2D eigenvalue weighted by Gasteiger charge is 2.05. The van der Waals surface area contributed by atoms with E-state index in [1.54, 1.807) is 6.92 Å². The molecule has 19 heavy (non-hydrogen) atoms. The number of hydrogen-bond acceptors (Lipinski definition) is 2. The van der Waals surface area contributed by atoms with E-state index in [0.29, 0.717) is 6.61 Å². The van der Waals surface area contributed by atoms with Crippen LogP contribution in [0.5, 0.6) is 5.75 Å². The highest BCUT2D eigenvalue weighted by atomic mass is 16.5. The zero-order valence-electron chi connectivity index (χ0n) is 11.7. The highest BCUT2D eigenvalue weighted by molar-refractivity contribution is 5.37. The number of aliphatic hydroxyl groups is 1. The molecule has 1 atom stereocenters. The Labute approximate surface area is 114 Å². The molecule has 0 radical (unpaired) electrons. The van der Waals surface area contributed by atoms with Crippen molar-refractivity contribution in [2.75, 3.05) is 0 Å². The molecular weight excluding hydrogens is 236 g/mol. The first-order valence-electron chi connectivity index (χ1n) is 6.53. The van der Waals surface area contributed by atoms with Gasteiger partial charge in [-0.05, 0) is 49.6 Å². The molecule has 2 heteroatoms. The smallest absolute Gasteiger partial charge is 0.122 e. The molecule has 0 aliphatic rings. The van der Waals surface area contributed by atoms with E-state index in [4.69, 9.17) is 4.74 Å². The average Bonchev–Trinajstić information content (AvgIpc) is 2.39. The van der Waals surface area contributed by atoms with Crippen molar-refractivity contribution >= 4 is 0 Å². The second-order valence-corrected chi connectivity index (χ2v) is 4.98. The molecule has 0 unspecified atom stereocenters. The molecule has 0 spiro atoms. The first-order chi connectivity index (χ1) is 9.06. The lowest BCUT2D eigenvalue weighted by Crippen LogP contribution is -1.98. The van der Waals surface area contributed by atoms with Gasteiger partial charge in [0.2, 0.25) is 0 Å². The van der Waals surface area contributed by atoms with Gasteiger partial charge in [0.25, 0.3) is 0 Å². The Kier molecular flexibility index (Phi) is 4.23. The zero-order valence-corrected chi connectivity index (χ0v) is 11.7. The summed E-state index contributed by atoms with van der Waals surface area (Å²) in [6.07, 6.45) is -0.440. The molecule has 0 aromatic heterocycles. The lowest BCUT2D eigenvalue weighted by Gasteiger charge is -2.12. The van der Waals surface area contributed by atoms with Gasteiger partial charge in [-0.15, -0.1) is 0 Å². The number of hydrogen-bond donors (Lipinski definition) is 1. The summed E-state index contributed by atoms with van der Waals surface area (Å²) in [4.78, 5) is 0. The average molecular weight is 256 g/mol. The van der Waals surface area contributed by atoms with Crippen LogP contribution in [0.2, 0.25) is 0 Å². The molecule has 1 N–H and O–H groups in total. The lowest BCUT2D eigenvalue weighted by molar-refractivity contribution is 0.199. The van der Waals surface area contributed by atoms with Gasteiger partial charge in [0.05, 0.1) is 6.10 Å². The molecule has 0 saturated heterocycles. The van der Waals surface area contributed by atoms with Crippen LogP contribution < -0.4 is 4.74 Å². The third-order valence-electron chi connectivity index (χ3n) is 3.20. The van der Waals surface area contributed by atoms with Crippen molar-refractivity contribution in [1.29, 1.82) is 0 Å². The topological polar surface area (TPSA) is 29.5 Å². The highest BCUT2D eigenvalue weighted by Crippen LogP contribution is 2.23. The second-order valence-electron chi connectivity index (χ2n) is 4.98. The van der Waals surface area contributed by atoms with Gasteiger partial charge in [0, 0.05) is 0 Å². The van der Waals surface area contributed by atoms with Crippen LogP contribution in [0.4, 0.5) is 0 Å². The van der Waals surface area contributed by atoms with Crippen molar-refractivity contribution in [3.05, 3.63) is 64.7 Å². The van der Waals surface area contributed by atoms with Crippen molar-refractivity contribution < 1.29 is 9.84 Å². The Bertz CT molecular complexity index is 542. The van der Waals surface area contributed by atoms with Gasteiger partial charge in [0.1, 0.15) is 12.4 Å². The standard InChI is InChI=1S/C17H20O2/c1-12-4-6-15(7-5-12)11-19-17-9-8-16(14(3)18)10-13(17)2/h4-10,14,18H,11H2,1-3H3/t14-/m1/s1. The predicted molar refractivity (Wildman–Crippen MR) is 77.3 cm³/mol. The Morgan fingerprint density at radius 2 is 1.74 bits per heavy atom. The molecule has 0 bridgehead atoms. The third-order valence-corrected chi connectivity index (χ3v) is 3.20. The quantitative estimate of drug-likeness (QED) is 0.898. The molecule has 2 aromatic rings. The van der Waals surface area contributed by atoms with E-state index in [1.807, 2.05) is 25.1 Å². The molecule has 0 aliphatic heterocycles. The Balaban J connectivity index is 2.05. The maximum Gasteiger partial charge on any atom is 0.122 e. The Morgan fingerprint density at radius 3 is 2.32 bits per heavy atom. The minimum atomic E-state index is -0.440. The summed E-state index contributed by atoms with van der Waals surface area (Å²) in [6.45, 7) is 6.40. The number of ether oxygens (including phenoxy) is 1. The summed E-state index contributed by atoms with van der Waals surface area (Å²) < 4.78 is 5.82. The minimum Gasteiger partial charge on any atom is -0.489 e. The summed E-state index contributed by atoms with van der Waals surface area (Å²) >= 11 is 0. The maximum absolute atomic E-state index is 9.53. The van der Waals surface area contributed by atoms with Crippen LogP contribution in [0.15, 0.2) is 42.5 Å². The lowest BCUT2D eigenvalue weighted by atomic mass is 10.1. The van der Waals surface area contributed by atoms with E-state index >= 15 is 0 Å². The van der Waals surface area contributed by atoms with Crippen molar-refractivity contribution in [3.8, 4) is 5.75 Å². The summed E-state index contributed by atoms with van der Waals surface area (Å²) in [7, 11) is 0. The van der Waals surface area contributed by atoms with Crippen molar-refractivity contribution in [1.82, 2.24) is 0 Å². The van der Waals surface area contributed by atoms with E-state index in [0.717, 1.165) is 22.4 Å². The monoisotopic (exact) mass is 256 g/mol. The number of benzene rings is 2. The first kappa shape index (κ1) is 13.6. The Hall–Kier alpha value is -1.80. The van der Waals surface area contributed by atoms with Gasteiger partial charge in [0.15, 0.2) is 0 Å². The fraction of sp³-hybridized carbons (Fsp3) is 0.294. The molecule has 2 rings (SSSR count). The molecule has 0 amide bonds. The van der Waals surface area contributed by atoms with Gasteiger partial charge >= 0.3 is 0 Å². The van der Waals surface area contributed by atoms with Crippen LogP contribution in [0.25, 0.3) is 0 Å². The van der Waals surface area contributed by atoms with Gasteiger partial charge in [-0.1, -0.05) is 35.9 Å². The fourth-order valence-electron chi connectivity index (χ4n) is 1.94. The van der Waals surface area contributed by atoms with Gasteiger partial charge in [-0.25, -0.2) is 0 Å². The largest absolute Gasteiger partial charge is 0.489 e. The second kappa shape index (κ2) is 5.89. The molecule has 2 nitrogen and oxygen atoms in total. The molecule has 0 saturated carbocycles. The van der Waals surface area contributed by atoms with E-state index < -0.39 is 6.10 Å². The summed E-state index contributed by atoms with van der Waals surface area (Å²) in [5.74, 6) is 0.866.